The Bertz CT molecular complexity index is 608. The highest BCUT2D eigenvalue weighted by Gasteiger charge is 2.33. The molecule has 3 heterocycles. The fourth-order valence-electron chi connectivity index (χ4n) is 2.51. The highest BCUT2D eigenvalue weighted by molar-refractivity contribution is 5.38. The van der Waals surface area contributed by atoms with Crippen LogP contribution in [0.4, 0.5) is 19.0 Å². The van der Waals surface area contributed by atoms with Gasteiger partial charge in [0.05, 0.1) is 18.9 Å². The summed E-state index contributed by atoms with van der Waals surface area (Å²) >= 11 is 0. The molecule has 5 nitrogen and oxygen atoms in total. The first kappa shape index (κ1) is 15.8. The average Bonchev–Trinajstić information content (AvgIpc) is 3.19. The number of hydrogen-bond acceptors (Lipinski definition) is 5. The van der Waals surface area contributed by atoms with Gasteiger partial charge in [-0.15, -0.1) is 10.2 Å². The zero-order valence-corrected chi connectivity index (χ0v) is 12.3. The molecular weight excluding hydrogens is 311 g/mol. The second-order valence-corrected chi connectivity index (χ2v) is 5.37. The molecule has 0 aromatic carbocycles. The number of halogens is 3. The summed E-state index contributed by atoms with van der Waals surface area (Å²) in [6, 6.07) is 5.83. The van der Waals surface area contributed by atoms with Crippen molar-refractivity contribution in [1.29, 1.82) is 0 Å². The number of ether oxygens (including phenoxy) is 1. The largest absolute Gasteiger partial charge is 0.467 e. The first-order valence-electron chi connectivity index (χ1n) is 7.32. The Labute approximate surface area is 131 Å². The van der Waals surface area contributed by atoms with E-state index < -0.39 is 11.9 Å². The van der Waals surface area contributed by atoms with E-state index in [1.165, 1.54) is 6.07 Å². The molecule has 1 aliphatic rings. The van der Waals surface area contributed by atoms with Gasteiger partial charge in [0.2, 0.25) is 0 Å². The molecule has 1 saturated heterocycles. The minimum Gasteiger partial charge on any atom is -0.467 e. The van der Waals surface area contributed by atoms with Gasteiger partial charge in [-0.2, -0.15) is 13.2 Å². The lowest BCUT2D eigenvalue weighted by molar-refractivity contribution is -0.141. The SMILES string of the molecule is FC(F)(F)c1ccc(N(Cc2ccco2)CC2CCCO2)nn1. The van der Waals surface area contributed by atoms with Crippen molar-refractivity contribution in [2.24, 2.45) is 0 Å². The molecule has 1 fully saturated rings. The standard InChI is InChI=1S/C15H16F3N3O2/c16-15(17,18)13-5-6-14(20-19-13)21(9-11-3-1-7-22-11)10-12-4-2-8-23-12/h1,3,5-7,12H,2,4,8-10H2. The third-order valence-corrected chi connectivity index (χ3v) is 3.64. The number of aromatic nitrogens is 2. The first-order valence-corrected chi connectivity index (χ1v) is 7.32. The van der Waals surface area contributed by atoms with E-state index in [4.69, 9.17) is 9.15 Å². The lowest BCUT2D eigenvalue weighted by atomic mass is 10.2. The predicted octanol–water partition coefficient (Wildman–Crippen LogP) is 3.27. The minimum atomic E-state index is -4.49. The van der Waals surface area contributed by atoms with Gasteiger partial charge in [-0.25, -0.2) is 0 Å². The maximum Gasteiger partial charge on any atom is 0.435 e. The maximum atomic E-state index is 12.6. The number of furan rings is 1. The Balaban J connectivity index is 1.78. The number of rotatable bonds is 5. The van der Waals surface area contributed by atoms with Crippen LogP contribution in [0.2, 0.25) is 0 Å². The molecule has 1 atom stereocenters. The molecule has 0 aliphatic carbocycles. The second-order valence-electron chi connectivity index (χ2n) is 5.37. The number of alkyl halides is 3. The summed E-state index contributed by atoms with van der Waals surface area (Å²) in [5.41, 5.74) is -1.00. The van der Waals surface area contributed by atoms with E-state index in [1.807, 2.05) is 4.90 Å². The number of nitrogens with zero attached hydrogens (tertiary/aromatic N) is 3. The highest BCUT2D eigenvalue weighted by atomic mass is 19.4. The van der Waals surface area contributed by atoms with Crippen LogP contribution in [0.1, 0.15) is 24.3 Å². The maximum absolute atomic E-state index is 12.6. The lowest BCUT2D eigenvalue weighted by Gasteiger charge is -2.25. The van der Waals surface area contributed by atoms with Crippen molar-refractivity contribution in [2.45, 2.75) is 31.7 Å². The van der Waals surface area contributed by atoms with Crippen LogP contribution < -0.4 is 4.90 Å². The van der Waals surface area contributed by atoms with E-state index in [2.05, 4.69) is 10.2 Å². The number of anilines is 1. The number of hydrogen-bond donors (Lipinski definition) is 0. The molecule has 0 amide bonds. The highest BCUT2D eigenvalue weighted by Crippen LogP contribution is 2.28. The van der Waals surface area contributed by atoms with Gasteiger partial charge in [-0.1, -0.05) is 0 Å². The molecule has 1 aliphatic heterocycles. The molecular formula is C15H16F3N3O2. The summed E-state index contributed by atoms with van der Waals surface area (Å²) in [7, 11) is 0. The fraction of sp³-hybridized carbons (Fsp3) is 0.467. The van der Waals surface area contributed by atoms with Crippen LogP contribution >= 0.6 is 0 Å². The molecule has 8 heteroatoms. The summed E-state index contributed by atoms with van der Waals surface area (Å²) in [5, 5.41) is 7.01. The zero-order chi connectivity index (χ0) is 16.3. The Morgan fingerprint density at radius 3 is 2.65 bits per heavy atom. The fourth-order valence-corrected chi connectivity index (χ4v) is 2.51. The smallest absolute Gasteiger partial charge is 0.435 e. The molecule has 124 valence electrons. The monoisotopic (exact) mass is 327 g/mol. The van der Waals surface area contributed by atoms with Gasteiger partial charge in [-0.3, -0.25) is 0 Å². The van der Waals surface area contributed by atoms with Crippen molar-refractivity contribution in [3.8, 4) is 0 Å². The summed E-state index contributed by atoms with van der Waals surface area (Å²) in [4.78, 5) is 1.82. The van der Waals surface area contributed by atoms with Crippen molar-refractivity contribution in [2.75, 3.05) is 18.1 Å². The van der Waals surface area contributed by atoms with Gasteiger partial charge in [0, 0.05) is 13.2 Å². The van der Waals surface area contributed by atoms with Crippen molar-refractivity contribution in [3.05, 3.63) is 42.0 Å². The molecule has 0 radical (unpaired) electrons. The van der Waals surface area contributed by atoms with Crippen LogP contribution in [0.15, 0.2) is 34.9 Å². The molecule has 2 aromatic rings. The topological polar surface area (TPSA) is 51.4 Å². The van der Waals surface area contributed by atoms with Crippen molar-refractivity contribution in [1.82, 2.24) is 10.2 Å². The van der Waals surface area contributed by atoms with Crippen LogP contribution in [0.3, 0.4) is 0 Å². The molecule has 1 unspecified atom stereocenters. The molecule has 0 N–H and O–H groups in total. The molecule has 0 spiro atoms. The molecule has 3 rings (SSSR count). The van der Waals surface area contributed by atoms with E-state index in [0.29, 0.717) is 31.3 Å². The average molecular weight is 327 g/mol. The zero-order valence-electron chi connectivity index (χ0n) is 12.3. The van der Waals surface area contributed by atoms with Crippen LogP contribution in [-0.2, 0) is 17.5 Å². The van der Waals surface area contributed by atoms with Crippen LogP contribution in [0, 0.1) is 0 Å². The van der Waals surface area contributed by atoms with E-state index in [0.717, 1.165) is 18.9 Å². The van der Waals surface area contributed by atoms with E-state index >= 15 is 0 Å². The lowest BCUT2D eigenvalue weighted by Crippen LogP contribution is -2.32. The Morgan fingerprint density at radius 1 is 1.22 bits per heavy atom. The van der Waals surface area contributed by atoms with Crippen molar-refractivity contribution in [3.63, 3.8) is 0 Å². The van der Waals surface area contributed by atoms with Gasteiger partial charge >= 0.3 is 6.18 Å². The molecule has 23 heavy (non-hydrogen) atoms. The van der Waals surface area contributed by atoms with Crippen molar-refractivity contribution < 1.29 is 22.3 Å². The summed E-state index contributed by atoms with van der Waals surface area (Å²) < 4.78 is 48.7. The summed E-state index contributed by atoms with van der Waals surface area (Å²) in [6.07, 6.45) is -1.00. The van der Waals surface area contributed by atoms with Gasteiger partial charge in [0.25, 0.3) is 0 Å². The van der Waals surface area contributed by atoms with E-state index in [-0.39, 0.29) is 6.10 Å². The third kappa shape index (κ3) is 4.01. The second kappa shape index (κ2) is 6.57. The van der Waals surface area contributed by atoms with Crippen molar-refractivity contribution >= 4 is 5.82 Å². The van der Waals surface area contributed by atoms with Gasteiger partial charge in [-0.05, 0) is 37.1 Å². The normalized spacial score (nSPS) is 18.3. The summed E-state index contributed by atoms with van der Waals surface area (Å²) in [5.74, 6) is 1.06. The predicted molar refractivity (Wildman–Crippen MR) is 75.8 cm³/mol. The van der Waals surface area contributed by atoms with Crippen LogP contribution in [0.25, 0.3) is 0 Å². The first-order chi connectivity index (χ1) is 11.0. The van der Waals surface area contributed by atoms with Crippen LogP contribution in [0.5, 0.6) is 0 Å². The Kier molecular flexibility index (Phi) is 4.51. The molecule has 2 aromatic heterocycles. The summed E-state index contributed by atoms with van der Waals surface area (Å²) in [6.45, 7) is 1.63. The third-order valence-electron chi connectivity index (χ3n) is 3.64. The van der Waals surface area contributed by atoms with E-state index in [9.17, 15) is 13.2 Å². The molecule has 0 saturated carbocycles. The Hall–Kier alpha value is -2.09. The van der Waals surface area contributed by atoms with Gasteiger partial charge in [0.15, 0.2) is 11.5 Å². The quantitative estimate of drug-likeness (QED) is 0.843. The van der Waals surface area contributed by atoms with Crippen LogP contribution in [-0.4, -0.2) is 29.5 Å². The van der Waals surface area contributed by atoms with Gasteiger partial charge in [0.1, 0.15) is 5.76 Å². The minimum absolute atomic E-state index is 0.0362. The van der Waals surface area contributed by atoms with E-state index in [1.54, 1.807) is 18.4 Å². The molecule has 0 bridgehead atoms. The Morgan fingerprint density at radius 2 is 2.09 bits per heavy atom. The van der Waals surface area contributed by atoms with Gasteiger partial charge < -0.3 is 14.1 Å².